The van der Waals surface area contributed by atoms with Crippen molar-refractivity contribution in [2.75, 3.05) is 6.54 Å². The third-order valence-corrected chi connectivity index (χ3v) is 2.92. The van der Waals surface area contributed by atoms with Gasteiger partial charge in [-0.05, 0) is 22.6 Å². The molecule has 20 heavy (non-hydrogen) atoms. The largest absolute Gasteiger partial charge is 0.336 e. The highest BCUT2D eigenvalue weighted by molar-refractivity contribution is 5.30. The summed E-state index contributed by atoms with van der Waals surface area (Å²) in [5.74, 6) is 0.793. The molecular formula is C13H15N7. The Balaban J connectivity index is 1.57. The number of rotatable bonds is 6. The molecule has 0 aliphatic carbocycles. The number of nitrogens with one attached hydrogen (secondary N) is 1. The van der Waals surface area contributed by atoms with Gasteiger partial charge in [0, 0.05) is 25.5 Å². The molecule has 3 rings (SSSR count). The zero-order valence-corrected chi connectivity index (χ0v) is 10.9. The normalized spacial score (nSPS) is 10.8. The third-order valence-electron chi connectivity index (χ3n) is 2.92. The zero-order valence-electron chi connectivity index (χ0n) is 10.9. The van der Waals surface area contributed by atoms with Crippen LogP contribution >= 0.6 is 0 Å². The zero-order chi connectivity index (χ0) is 13.6. The van der Waals surface area contributed by atoms with Crippen molar-refractivity contribution >= 4 is 0 Å². The number of imidazole rings is 1. The number of aromatic nitrogens is 6. The Morgan fingerprint density at radius 1 is 1.15 bits per heavy atom. The second kappa shape index (κ2) is 6.07. The maximum Gasteiger partial charge on any atom is 0.170 e. The lowest BCUT2D eigenvalue weighted by molar-refractivity contribution is 0.577. The van der Waals surface area contributed by atoms with Crippen LogP contribution in [0.3, 0.4) is 0 Å². The van der Waals surface area contributed by atoms with Gasteiger partial charge in [-0.15, -0.1) is 5.10 Å². The van der Waals surface area contributed by atoms with E-state index in [0.29, 0.717) is 6.54 Å². The molecule has 0 saturated heterocycles. The highest BCUT2D eigenvalue weighted by Crippen LogP contribution is 2.06. The standard InChI is InChI=1S/C13H15N7/c1-2-4-12(5-3-1)20-13(16-17-18-20)10-14-6-8-19-9-7-15-11-19/h1-5,7,9,11,14H,6,8,10H2. The van der Waals surface area contributed by atoms with Gasteiger partial charge in [0.15, 0.2) is 5.82 Å². The minimum absolute atomic E-state index is 0.622. The minimum atomic E-state index is 0.622. The van der Waals surface area contributed by atoms with Crippen LogP contribution in [-0.2, 0) is 13.1 Å². The first-order valence-electron chi connectivity index (χ1n) is 6.42. The van der Waals surface area contributed by atoms with E-state index in [0.717, 1.165) is 24.6 Å². The second-order valence-electron chi connectivity index (χ2n) is 4.32. The van der Waals surface area contributed by atoms with Crippen molar-refractivity contribution in [1.29, 1.82) is 0 Å². The van der Waals surface area contributed by atoms with E-state index in [-0.39, 0.29) is 0 Å². The summed E-state index contributed by atoms with van der Waals surface area (Å²) in [6.07, 6.45) is 5.52. The molecule has 0 bridgehead atoms. The van der Waals surface area contributed by atoms with Gasteiger partial charge in [-0.3, -0.25) is 0 Å². The molecule has 3 aromatic rings. The molecule has 0 aliphatic rings. The van der Waals surface area contributed by atoms with E-state index in [9.17, 15) is 0 Å². The summed E-state index contributed by atoms with van der Waals surface area (Å²) in [5.41, 5.74) is 0.962. The average molecular weight is 269 g/mol. The first kappa shape index (κ1) is 12.5. The Labute approximate surface area is 116 Å². The van der Waals surface area contributed by atoms with Crippen molar-refractivity contribution in [2.24, 2.45) is 0 Å². The molecule has 0 amide bonds. The Morgan fingerprint density at radius 2 is 2.05 bits per heavy atom. The number of hydrogen-bond acceptors (Lipinski definition) is 5. The van der Waals surface area contributed by atoms with Crippen LogP contribution in [0.4, 0.5) is 0 Å². The number of hydrogen-bond donors (Lipinski definition) is 1. The fourth-order valence-corrected chi connectivity index (χ4v) is 1.91. The molecule has 0 fully saturated rings. The molecule has 7 heteroatoms. The summed E-state index contributed by atoms with van der Waals surface area (Å²) < 4.78 is 3.76. The number of nitrogens with zero attached hydrogens (tertiary/aromatic N) is 6. The third kappa shape index (κ3) is 2.89. The molecule has 1 N–H and O–H groups in total. The van der Waals surface area contributed by atoms with E-state index >= 15 is 0 Å². The topological polar surface area (TPSA) is 73.5 Å². The monoisotopic (exact) mass is 269 g/mol. The Morgan fingerprint density at radius 3 is 2.85 bits per heavy atom. The first-order chi connectivity index (χ1) is 9.93. The number of para-hydroxylation sites is 1. The van der Waals surface area contributed by atoms with Crippen LogP contribution in [0.5, 0.6) is 0 Å². The molecule has 0 aliphatic heterocycles. The molecule has 2 aromatic heterocycles. The number of tetrazole rings is 1. The van der Waals surface area contributed by atoms with E-state index in [1.54, 1.807) is 17.2 Å². The lowest BCUT2D eigenvalue weighted by atomic mass is 10.3. The van der Waals surface area contributed by atoms with Crippen LogP contribution < -0.4 is 5.32 Å². The van der Waals surface area contributed by atoms with E-state index < -0.39 is 0 Å². The van der Waals surface area contributed by atoms with Crippen molar-refractivity contribution < 1.29 is 0 Å². The van der Waals surface area contributed by atoms with Crippen molar-refractivity contribution in [1.82, 2.24) is 35.1 Å². The smallest absolute Gasteiger partial charge is 0.170 e. The fourth-order valence-electron chi connectivity index (χ4n) is 1.91. The second-order valence-corrected chi connectivity index (χ2v) is 4.32. The van der Waals surface area contributed by atoms with Gasteiger partial charge in [-0.25, -0.2) is 4.98 Å². The highest BCUT2D eigenvalue weighted by Gasteiger charge is 2.06. The Kier molecular flexibility index (Phi) is 3.79. The van der Waals surface area contributed by atoms with Crippen LogP contribution in [0.1, 0.15) is 5.82 Å². The molecule has 0 unspecified atom stereocenters. The van der Waals surface area contributed by atoms with Gasteiger partial charge in [0.2, 0.25) is 0 Å². The van der Waals surface area contributed by atoms with Gasteiger partial charge in [0.05, 0.1) is 18.6 Å². The number of benzene rings is 1. The van der Waals surface area contributed by atoms with Crippen LogP contribution in [0.2, 0.25) is 0 Å². The molecular weight excluding hydrogens is 254 g/mol. The SMILES string of the molecule is c1ccc(-n2nnnc2CNCCn2ccnc2)cc1. The maximum absolute atomic E-state index is 4.05. The average Bonchev–Trinajstić information content (AvgIpc) is 3.16. The van der Waals surface area contributed by atoms with E-state index in [4.69, 9.17) is 0 Å². The van der Waals surface area contributed by atoms with Crippen LogP contribution in [0, 0.1) is 0 Å². The predicted octanol–water partition coefficient (Wildman–Crippen LogP) is 0.649. The van der Waals surface area contributed by atoms with Gasteiger partial charge >= 0.3 is 0 Å². The lowest BCUT2D eigenvalue weighted by Gasteiger charge is -2.06. The molecule has 2 heterocycles. The fraction of sp³-hybridized carbons (Fsp3) is 0.231. The van der Waals surface area contributed by atoms with Crippen molar-refractivity contribution in [3.8, 4) is 5.69 Å². The van der Waals surface area contributed by atoms with Crippen molar-refractivity contribution in [3.63, 3.8) is 0 Å². The minimum Gasteiger partial charge on any atom is -0.336 e. The maximum atomic E-state index is 4.05. The van der Waals surface area contributed by atoms with E-state index in [1.165, 1.54) is 0 Å². The van der Waals surface area contributed by atoms with Crippen molar-refractivity contribution in [3.05, 3.63) is 54.9 Å². The van der Waals surface area contributed by atoms with Gasteiger partial charge in [0.25, 0.3) is 0 Å². The predicted molar refractivity (Wildman–Crippen MR) is 73.1 cm³/mol. The summed E-state index contributed by atoms with van der Waals surface area (Å²) in [6.45, 7) is 2.32. The van der Waals surface area contributed by atoms with Crippen LogP contribution in [-0.4, -0.2) is 36.3 Å². The van der Waals surface area contributed by atoms with Crippen LogP contribution in [0.15, 0.2) is 49.1 Å². The summed E-state index contributed by atoms with van der Waals surface area (Å²) in [6, 6.07) is 9.86. The Hall–Kier alpha value is -2.54. The molecule has 7 nitrogen and oxygen atoms in total. The van der Waals surface area contributed by atoms with Gasteiger partial charge < -0.3 is 9.88 Å². The quantitative estimate of drug-likeness (QED) is 0.665. The first-order valence-corrected chi connectivity index (χ1v) is 6.42. The van der Waals surface area contributed by atoms with Crippen LogP contribution in [0.25, 0.3) is 5.69 Å². The summed E-state index contributed by atoms with van der Waals surface area (Å²) >= 11 is 0. The molecule has 102 valence electrons. The molecule has 1 aromatic carbocycles. The molecule has 0 atom stereocenters. The van der Waals surface area contributed by atoms with Gasteiger partial charge in [-0.2, -0.15) is 4.68 Å². The highest BCUT2D eigenvalue weighted by atomic mass is 15.5. The Bertz CT molecular complexity index is 630. The molecule has 0 saturated carbocycles. The van der Waals surface area contributed by atoms with Gasteiger partial charge in [0.1, 0.15) is 0 Å². The molecule has 0 spiro atoms. The lowest BCUT2D eigenvalue weighted by Crippen LogP contribution is -2.21. The van der Waals surface area contributed by atoms with E-state index in [1.807, 2.05) is 41.1 Å². The van der Waals surface area contributed by atoms with Crippen molar-refractivity contribution in [2.45, 2.75) is 13.1 Å². The summed E-state index contributed by atoms with van der Waals surface area (Å²) in [4.78, 5) is 4.00. The van der Waals surface area contributed by atoms with E-state index in [2.05, 4.69) is 25.8 Å². The summed E-state index contributed by atoms with van der Waals surface area (Å²) in [7, 11) is 0. The summed E-state index contributed by atoms with van der Waals surface area (Å²) in [5, 5.41) is 15.1. The molecule has 0 radical (unpaired) electrons. The van der Waals surface area contributed by atoms with Gasteiger partial charge in [-0.1, -0.05) is 18.2 Å².